The van der Waals surface area contributed by atoms with Crippen LogP contribution >= 0.6 is 11.3 Å². The first-order valence-corrected chi connectivity index (χ1v) is 8.05. The minimum atomic E-state index is 0.547. The van der Waals surface area contributed by atoms with Gasteiger partial charge < -0.3 is 10.1 Å². The van der Waals surface area contributed by atoms with Gasteiger partial charge in [-0.05, 0) is 37.1 Å². The number of nitrogens with zero attached hydrogens (tertiary/aromatic N) is 1. The number of aromatic nitrogens is 1. The molecule has 2 rings (SSSR count). The van der Waals surface area contributed by atoms with Crippen molar-refractivity contribution in [2.75, 3.05) is 6.54 Å². The molecular weight excluding hydrogens is 268 g/mol. The van der Waals surface area contributed by atoms with Crippen molar-refractivity contribution < 1.29 is 4.74 Å². The van der Waals surface area contributed by atoms with Crippen molar-refractivity contribution in [3.63, 3.8) is 0 Å². The smallest absolute Gasteiger partial charge is 0.131 e. The molecule has 1 aromatic carbocycles. The van der Waals surface area contributed by atoms with Crippen LogP contribution in [0.25, 0.3) is 0 Å². The van der Waals surface area contributed by atoms with Crippen molar-refractivity contribution in [1.29, 1.82) is 0 Å². The lowest BCUT2D eigenvalue weighted by atomic mass is 10.2. The van der Waals surface area contributed by atoms with Crippen LogP contribution in [-0.4, -0.2) is 11.5 Å². The van der Waals surface area contributed by atoms with Crippen molar-refractivity contribution in [2.45, 2.75) is 39.8 Å². The van der Waals surface area contributed by atoms with Gasteiger partial charge in [0.1, 0.15) is 12.4 Å². The SMILES string of the molecule is CCCc1nc(COc2cccc(CNCC)c2)cs1. The van der Waals surface area contributed by atoms with Crippen LogP contribution in [0.1, 0.15) is 36.5 Å². The van der Waals surface area contributed by atoms with Gasteiger partial charge >= 0.3 is 0 Å². The number of nitrogens with one attached hydrogen (secondary N) is 1. The summed E-state index contributed by atoms with van der Waals surface area (Å²) in [6, 6.07) is 8.22. The number of rotatable bonds is 8. The number of ether oxygens (including phenoxy) is 1. The zero-order valence-corrected chi connectivity index (χ0v) is 13.0. The molecule has 0 fully saturated rings. The fraction of sp³-hybridized carbons (Fsp3) is 0.438. The zero-order valence-electron chi connectivity index (χ0n) is 12.2. The van der Waals surface area contributed by atoms with Crippen LogP contribution in [0.4, 0.5) is 0 Å². The van der Waals surface area contributed by atoms with Gasteiger partial charge in [0, 0.05) is 11.9 Å². The van der Waals surface area contributed by atoms with Crippen LogP contribution in [0.2, 0.25) is 0 Å². The van der Waals surface area contributed by atoms with Gasteiger partial charge in [0.2, 0.25) is 0 Å². The van der Waals surface area contributed by atoms with Crippen LogP contribution < -0.4 is 10.1 Å². The molecule has 1 aromatic heterocycles. The molecule has 108 valence electrons. The number of aryl methyl sites for hydroxylation is 1. The van der Waals surface area contributed by atoms with Gasteiger partial charge in [-0.3, -0.25) is 0 Å². The van der Waals surface area contributed by atoms with Gasteiger partial charge in [-0.1, -0.05) is 26.0 Å². The Bertz CT molecular complexity index is 525. The number of thiazole rings is 1. The summed E-state index contributed by atoms with van der Waals surface area (Å²) in [6.45, 7) is 6.68. The highest BCUT2D eigenvalue weighted by Crippen LogP contribution is 2.17. The summed E-state index contributed by atoms with van der Waals surface area (Å²) in [4.78, 5) is 4.57. The fourth-order valence-electron chi connectivity index (χ4n) is 1.92. The molecule has 0 saturated heterocycles. The lowest BCUT2D eigenvalue weighted by Gasteiger charge is -2.07. The van der Waals surface area contributed by atoms with E-state index in [0.717, 1.165) is 37.4 Å². The van der Waals surface area contributed by atoms with Gasteiger partial charge in [-0.2, -0.15) is 0 Å². The van der Waals surface area contributed by atoms with E-state index in [0.29, 0.717) is 6.61 Å². The maximum Gasteiger partial charge on any atom is 0.131 e. The van der Waals surface area contributed by atoms with Crippen molar-refractivity contribution >= 4 is 11.3 Å². The third-order valence-corrected chi connectivity index (χ3v) is 3.88. The van der Waals surface area contributed by atoms with E-state index < -0.39 is 0 Å². The van der Waals surface area contributed by atoms with Gasteiger partial charge in [-0.25, -0.2) is 4.98 Å². The number of hydrogen-bond acceptors (Lipinski definition) is 4. The molecule has 0 radical (unpaired) electrons. The first-order chi connectivity index (χ1) is 9.81. The van der Waals surface area contributed by atoms with Crippen LogP contribution in [0.5, 0.6) is 5.75 Å². The van der Waals surface area contributed by atoms with E-state index in [-0.39, 0.29) is 0 Å². The largest absolute Gasteiger partial charge is 0.487 e. The average molecular weight is 290 g/mol. The lowest BCUT2D eigenvalue weighted by molar-refractivity contribution is 0.301. The molecule has 1 N–H and O–H groups in total. The summed E-state index contributed by atoms with van der Waals surface area (Å²) in [5.41, 5.74) is 2.27. The van der Waals surface area contributed by atoms with Crippen LogP contribution in [0, 0.1) is 0 Å². The van der Waals surface area contributed by atoms with E-state index in [9.17, 15) is 0 Å². The number of benzene rings is 1. The molecule has 0 amide bonds. The Morgan fingerprint density at radius 2 is 2.20 bits per heavy atom. The maximum absolute atomic E-state index is 5.82. The summed E-state index contributed by atoms with van der Waals surface area (Å²) >= 11 is 1.72. The Hall–Kier alpha value is -1.39. The molecule has 0 atom stereocenters. The molecule has 0 spiro atoms. The lowest BCUT2D eigenvalue weighted by Crippen LogP contribution is -2.11. The Morgan fingerprint density at radius 1 is 1.30 bits per heavy atom. The Kier molecular flexibility index (Phi) is 6.02. The van der Waals surface area contributed by atoms with Crippen LogP contribution in [0.3, 0.4) is 0 Å². The molecule has 1 heterocycles. The van der Waals surface area contributed by atoms with E-state index in [2.05, 4.69) is 41.7 Å². The number of hydrogen-bond donors (Lipinski definition) is 1. The third-order valence-electron chi connectivity index (χ3n) is 2.93. The van der Waals surface area contributed by atoms with Gasteiger partial charge in [-0.15, -0.1) is 11.3 Å². The minimum absolute atomic E-state index is 0.547. The van der Waals surface area contributed by atoms with Gasteiger partial charge in [0.25, 0.3) is 0 Å². The normalized spacial score (nSPS) is 10.7. The second-order valence-corrected chi connectivity index (χ2v) is 5.64. The van der Waals surface area contributed by atoms with E-state index in [1.165, 1.54) is 10.6 Å². The average Bonchev–Trinajstić information content (AvgIpc) is 2.92. The second-order valence-electron chi connectivity index (χ2n) is 4.70. The van der Waals surface area contributed by atoms with Gasteiger partial charge in [0.05, 0.1) is 10.7 Å². The van der Waals surface area contributed by atoms with Crippen molar-refractivity contribution in [2.24, 2.45) is 0 Å². The standard InChI is InChI=1S/C16H22N2OS/c1-3-6-16-18-14(12-20-16)11-19-15-8-5-7-13(9-15)10-17-4-2/h5,7-9,12,17H,3-4,6,10-11H2,1-2H3. The predicted octanol–water partition coefficient (Wildman–Crippen LogP) is 3.78. The minimum Gasteiger partial charge on any atom is -0.487 e. The predicted molar refractivity (Wildman–Crippen MR) is 84.3 cm³/mol. The zero-order chi connectivity index (χ0) is 14.2. The second kappa shape index (κ2) is 8.02. The van der Waals surface area contributed by atoms with E-state index in [4.69, 9.17) is 4.74 Å². The summed E-state index contributed by atoms with van der Waals surface area (Å²) in [6.07, 6.45) is 2.20. The molecule has 0 aliphatic carbocycles. The van der Waals surface area contributed by atoms with Crippen molar-refractivity contribution in [1.82, 2.24) is 10.3 Å². The van der Waals surface area contributed by atoms with Crippen molar-refractivity contribution in [3.05, 3.63) is 45.9 Å². The van der Waals surface area contributed by atoms with Crippen LogP contribution in [-0.2, 0) is 19.6 Å². The molecule has 2 aromatic rings. The Labute approximate surface area is 125 Å². The topological polar surface area (TPSA) is 34.1 Å². The van der Waals surface area contributed by atoms with Crippen LogP contribution in [0.15, 0.2) is 29.6 Å². The first-order valence-electron chi connectivity index (χ1n) is 7.17. The summed E-state index contributed by atoms with van der Waals surface area (Å²) in [5, 5.41) is 6.61. The van der Waals surface area contributed by atoms with Gasteiger partial charge in [0.15, 0.2) is 0 Å². The molecule has 0 unspecified atom stereocenters. The third kappa shape index (κ3) is 4.62. The highest BCUT2D eigenvalue weighted by molar-refractivity contribution is 7.09. The Balaban J connectivity index is 1.89. The molecule has 0 saturated carbocycles. The Morgan fingerprint density at radius 3 is 3.00 bits per heavy atom. The van der Waals surface area contributed by atoms with E-state index in [1.54, 1.807) is 11.3 Å². The molecule has 3 nitrogen and oxygen atoms in total. The summed E-state index contributed by atoms with van der Waals surface area (Å²) in [7, 11) is 0. The highest BCUT2D eigenvalue weighted by Gasteiger charge is 2.03. The van der Waals surface area contributed by atoms with Crippen molar-refractivity contribution in [3.8, 4) is 5.75 Å². The molecular formula is C16H22N2OS. The van der Waals surface area contributed by atoms with E-state index >= 15 is 0 Å². The molecule has 4 heteroatoms. The van der Waals surface area contributed by atoms with E-state index in [1.807, 2.05) is 12.1 Å². The molecule has 0 aliphatic rings. The first kappa shape index (κ1) is 15.0. The summed E-state index contributed by atoms with van der Waals surface area (Å²) < 4.78 is 5.82. The fourth-order valence-corrected chi connectivity index (χ4v) is 2.80. The maximum atomic E-state index is 5.82. The summed E-state index contributed by atoms with van der Waals surface area (Å²) in [5.74, 6) is 0.908. The quantitative estimate of drug-likeness (QED) is 0.803. The molecule has 0 aliphatic heterocycles. The monoisotopic (exact) mass is 290 g/mol. The molecule has 0 bridgehead atoms. The highest BCUT2D eigenvalue weighted by atomic mass is 32.1. The molecule has 20 heavy (non-hydrogen) atoms.